The van der Waals surface area contributed by atoms with Crippen LogP contribution in [0.3, 0.4) is 0 Å². The molecule has 6 rings (SSSR count). The maximum absolute atomic E-state index is 4.94. The molecule has 7 nitrogen and oxygen atoms in total. The first-order chi connectivity index (χ1) is 16.7. The van der Waals surface area contributed by atoms with Gasteiger partial charge in [-0.05, 0) is 53.6 Å². The average Bonchev–Trinajstić information content (AvgIpc) is 3.51. The van der Waals surface area contributed by atoms with E-state index in [9.17, 15) is 0 Å². The minimum atomic E-state index is 0.608. The number of hydrogen-bond acceptors (Lipinski definition) is 5. The first kappa shape index (κ1) is 20.3. The molecule has 0 aliphatic carbocycles. The second-order valence-electron chi connectivity index (χ2n) is 8.34. The number of nitrogens with zero attached hydrogens (tertiary/aromatic N) is 5. The first-order valence-electron chi connectivity index (χ1n) is 11.2. The molecule has 0 amide bonds. The van der Waals surface area contributed by atoms with Gasteiger partial charge in [0.15, 0.2) is 5.65 Å². The summed E-state index contributed by atoms with van der Waals surface area (Å²) >= 11 is 0. The van der Waals surface area contributed by atoms with E-state index < -0.39 is 0 Å². The van der Waals surface area contributed by atoms with E-state index in [-0.39, 0.29) is 0 Å². The summed E-state index contributed by atoms with van der Waals surface area (Å²) in [7, 11) is 0. The zero-order valence-corrected chi connectivity index (χ0v) is 18.7. The van der Waals surface area contributed by atoms with E-state index in [4.69, 9.17) is 9.97 Å². The van der Waals surface area contributed by atoms with Crippen LogP contribution in [0, 0.1) is 6.92 Å². The second-order valence-corrected chi connectivity index (χ2v) is 8.34. The molecule has 2 N–H and O–H groups in total. The summed E-state index contributed by atoms with van der Waals surface area (Å²) in [6.45, 7) is 3.36. The normalized spacial score (nSPS) is 11.4. The van der Waals surface area contributed by atoms with Crippen LogP contribution in [-0.4, -0.2) is 29.5 Å². The summed E-state index contributed by atoms with van der Waals surface area (Å²) in [5, 5.41) is 10.3. The molecule has 0 atom stereocenters. The molecule has 0 fully saturated rings. The third kappa shape index (κ3) is 3.93. The Bertz CT molecular complexity index is 1610. The fraction of sp³-hybridized carbons (Fsp3) is 0.111. The molecule has 0 unspecified atom stereocenters. The van der Waals surface area contributed by atoms with E-state index in [1.807, 2.05) is 43.5 Å². The maximum atomic E-state index is 4.94. The van der Waals surface area contributed by atoms with Gasteiger partial charge >= 0.3 is 0 Å². The van der Waals surface area contributed by atoms with E-state index in [1.165, 1.54) is 16.3 Å². The molecule has 0 spiro atoms. The first-order valence-corrected chi connectivity index (χ1v) is 11.2. The van der Waals surface area contributed by atoms with Crippen LogP contribution in [0.15, 0.2) is 85.3 Å². The zero-order chi connectivity index (χ0) is 22.9. The van der Waals surface area contributed by atoms with Crippen LogP contribution in [0.25, 0.3) is 39.1 Å². The molecule has 0 aliphatic heterocycles. The largest absolute Gasteiger partial charge is 0.339 e. The number of hydrogen-bond donors (Lipinski definition) is 2. The fourth-order valence-corrected chi connectivity index (χ4v) is 4.21. The minimum Gasteiger partial charge on any atom is -0.339 e. The molecule has 0 aliphatic rings. The third-order valence-electron chi connectivity index (χ3n) is 5.88. The highest BCUT2D eigenvalue weighted by Crippen LogP contribution is 2.29. The number of H-pyrrole nitrogens is 1. The van der Waals surface area contributed by atoms with Crippen molar-refractivity contribution in [2.75, 3.05) is 0 Å². The lowest BCUT2D eigenvalue weighted by atomic mass is 10.1. The molecular weight excluding hydrogens is 422 g/mol. The van der Waals surface area contributed by atoms with Crippen molar-refractivity contribution in [2.45, 2.75) is 20.0 Å². The van der Waals surface area contributed by atoms with Crippen molar-refractivity contribution in [1.29, 1.82) is 0 Å². The summed E-state index contributed by atoms with van der Waals surface area (Å²) in [6.07, 6.45) is 3.50. The van der Waals surface area contributed by atoms with Gasteiger partial charge in [0.05, 0.1) is 23.6 Å². The van der Waals surface area contributed by atoms with Gasteiger partial charge in [0.2, 0.25) is 0 Å². The maximum Gasteiger partial charge on any atom is 0.155 e. The number of aromatic amines is 1. The highest BCUT2D eigenvalue weighted by Gasteiger charge is 2.16. The van der Waals surface area contributed by atoms with Crippen molar-refractivity contribution in [3.8, 4) is 22.6 Å². The standard InChI is InChI=1S/C27H23N7/c1-18-5-4-8-23(31-18)27-26(22-11-12-25-29-17-30-34(25)16-22)32-24(33-27)15-28-14-19-9-10-20-6-2-3-7-21(20)13-19/h2-13,16-17,28H,14-15H2,1H3,(H,32,33). The summed E-state index contributed by atoms with van der Waals surface area (Å²) in [5.74, 6) is 0.854. The molecule has 7 heteroatoms. The number of pyridine rings is 2. The summed E-state index contributed by atoms with van der Waals surface area (Å²) in [6, 6.07) is 24.9. The average molecular weight is 446 g/mol. The van der Waals surface area contributed by atoms with Gasteiger partial charge in [-0.2, -0.15) is 5.10 Å². The minimum absolute atomic E-state index is 0.608. The Balaban J connectivity index is 1.29. The Labute approximate surface area is 196 Å². The number of nitrogens with one attached hydrogen (secondary N) is 2. The van der Waals surface area contributed by atoms with Crippen LogP contribution >= 0.6 is 0 Å². The summed E-state index contributed by atoms with van der Waals surface area (Å²) in [5.41, 5.74) is 6.55. The van der Waals surface area contributed by atoms with Crippen molar-refractivity contribution in [1.82, 2.24) is 34.9 Å². The smallest absolute Gasteiger partial charge is 0.155 e. The van der Waals surface area contributed by atoms with Gasteiger partial charge in [-0.25, -0.2) is 14.5 Å². The monoisotopic (exact) mass is 445 g/mol. The quantitative estimate of drug-likeness (QED) is 0.380. The SMILES string of the molecule is Cc1cccc(-c2[nH]c(CNCc3ccc4ccccc4c3)nc2-c2ccc3ncnn3c2)n1. The molecule has 166 valence electrons. The Morgan fingerprint density at radius 1 is 0.882 bits per heavy atom. The fourth-order valence-electron chi connectivity index (χ4n) is 4.21. The Hall–Kier alpha value is -4.36. The Morgan fingerprint density at radius 2 is 1.79 bits per heavy atom. The number of aromatic nitrogens is 6. The molecule has 0 radical (unpaired) electrons. The van der Waals surface area contributed by atoms with Crippen molar-refractivity contribution < 1.29 is 0 Å². The molecule has 0 bridgehead atoms. The predicted molar refractivity (Wildman–Crippen MR) is 133 cm³/mol. The van der Waals surface area contributed by atoms with Crippen molar-refractivity contribution >= 4 is 16.4 Å². The van der Waals surface area contributed by atoms with E-state index in [0.717, 1.165) is 46.4 Å². The number of fused-ring (bicyclic) bond motifs is 2. The Morgan fingerprint density at radius 3 is 2.71 bits per heavy atom. The number of imidazole rings is 1. The molecular formula is C27H23N7. The van der Waals surface area contributed by atoms with Gasteiger partial charge in [-0.15, -0.1) is 0 Å². The lowest BCUT2D eigenvalue weighted by Crippen LogP contribution is -2.13. The van der Waals surface area contributed by atoms with Gasteiger partial charge in [0.1, 0.15) is 12.2 Å². The van der Waals surface area contributed by atoms with Gasteiger partial charge in [-0.1, -0.05) is 42.5 Å². The van der Waals surface area contributed by atoms with E-state index in [2.05, 4.69) is 62.8 Å². The highest BCUT2D eigenvalue weighted by molar-refractivity contribution is 5.83. The van der Waals surface area contributed by atoms with Crippen LogP contribution < -0.4 is 5.32 Å². The lowest BCUT2D eigenvalue weighted by Gasteiger charge is -2.05. The van der Waals surface area contributed by atoms with Gasteiger partial charge in [-0.3, -0.25) is 4.98 Å². The van der Waals surface area contributed by atoms with E-state index >= 15 is 0 Å². The topological polar surface area (TPSA) is 83.8 Å². The highest BCUT2D eigenvalue weighted by atomic mass is 15.3. The summed E-state index contributed by atoms with van der Waals surface area (Å²) in [4.78, 5) is 17.4. The molecule has 2 aromatic carbocycles. The zero-order valence-electron chi connectivity index (χ0n) is 18.7. The van der Waals surface area contributed by atoms with Gasteiger partial charge in [0.25, 0.3) is 0 Å². The van der Waals surface area contributed by atoms with E-state index in [0.29, 0.717) is 6.54 Å². The van der Waals surface area contributed by atoms with Crippen LogP contribution in [-0.2, 0) is 13.1 Å². The van der Waals surface area contributed by atoms with Crippen LogP contribution in [0.2, 0.25) is 0 Å². The van der Waals surface area contributed by atoms with Gasteiger partial charge < -0.3 is 10.3 Å². The van der Waals surface area contributed by atoms with Crippen LogP contribution in [0.4, 0.5) is 0 Å². The van der Waals surface area contributed by atoms with Crippen molar-refractivity contribution in [2.24, 2.45) is 0 Å². The van der Waals surface area contributed by atoms with E-state index in [1.54, 1.807) is 10.8 Å². The van der Waals surface area contributed by atoms with Gasteiger partial charge in [0, 0.05) is 24.0 Å². The predicted octanol–water partition coefficient (Wildman–Crippen LogP) is 4.93. The molecule has 0 saturated heterocycles. The van der Waals surface area contributed by atoms with Crippen molar-refractivity contribution in [3.05, 3.63) is 102 Å². The lowest BCUT2D eigenvalue weighted by molar-refractivity contribution is 0.669. The second kappa shape index (κ2) is 8.53. The number of benzene rings is 2. The molecule has 6 aromatic rings. The summed E-state index contributed by atoms with van der Waals surface area (Å²) < 4.78 is 1.76. The third-order valence-corrected chi connectivity index (χ3v) is 5.88. The van der Waals surface area contributed by atoms with Crippen molar-refractivity contribution in [3.63, 3.8) is 0 Å². The number of aryl methyl sites for hydroxylation is 1. The molecule has 4 aromatic heterocycles. The molecule has 34 heavy (non-hydrogen) atoms. The van der Waals surface area contributed by atoms with Crippen LogP contribution in [0.1, 0.15) is 17.1 Å². The number of rotatable bonds is 6. The molecule has 4 heterocycles. The Kier molecular flexibility index (Phi) is 5.08. The molecule has 0 saturated carbocycles. The van der Waals surface area contributed by atoms with Crippen LogP contribution in [0.5, 0.6) is 0 Å².